The van der Waals surface area contributed by atoms with Crippen molar-refractivity contribution in [1.29, 1.82) is 0 Å². The van der Waals surface area contributed by atoms with E-state index in [1.54, 1.807) is 12.1 Å². The lowest BCUT2D eigenvalue weighted by molar-refractivity contribution is -0.387. The summed E-state index contributed by atoms with van der Waals surface area (Å²) in [6.45, 7) is 0.482. The number of nitro groups is 1. The lowest BCUT2D eigenvalue weighted by Gasteiger charge is -2.21. The van der Waals surface area contributed by atoms with Crippen molar-refractivity contribution in [1.82, 2.24) is 4.98 Å². The molecule has 0 aliphatic heterocycles. The summed E-state index contributed by atoms with van der Waals surface area (Å²) in [5.74, 6) is 0.820. The molecule has 0 saturated heterocycles. The highest BCUT2D eigenvalue weighted by Crippen LogP contribution is 2.31. The molecule has 0 radical (unpaired) electrons. The van der Waals surface area contributed by atoms with Crippen molar-refractivity contribution in [3.05, 3.63) is 52.7 Å². The van der Waals surface area contributed by atoms with E-state index in [0.29, 0.717) is 18.3 Å². The van der Waals surface area contributed by atoms with Gasteiger partial charge in [-0.25, -0.2) is 13.4 Å². The fraction of sp³-hybridized carbons (Fsp3) is 0.389. The maximum Gasteiger partial charge on any atom is 0.293 e. The van der Waals surface area contributed by atoms with Crippen LogP contribution in [0, 0.1) is 16.0 Å². The summed E-state index contributed by atoms with van der Waals surface area (Å²) >= 11 is 0. The Morgan fingerprint density at radius 3 is 2.63 bits per heavy atom. The van der Waals surface area contributed by atoms with E-state index >= 15 is 0 Å². The predicted molar refractivity (Wildman–Crippen MR) is 100 cm³/mol. The van der Waals surface area contributed by atoms with Gasteiger partial charge in [-0.2, -0.15) is 0 Å². The zero-order chi connectivity index (χ0) is 19.3. The first-order chi connectivity index (χ1) is 13.0. The number of nitrogens with zero attached hydrogens (tertiary/aromatic N) is 2. The smallest absolute Gasteiger partial charge is 0.293 e. The van der Waals surface area contributed by atoms with Crippen LogP contribution in [0.4, 0.5) is 11.5 Å². The van der Waals surface area contributed by atoms with Crippen LogP contribution in [0.25, 0.3) is 0 Å². The van der Waals surface area contributed by atoms with Crippen LogP contribution in [0.5, 0.6) is 5.75 Å². The van der Waals surface area contributed by atoms with Crippen molar-refractivity contribution in [3.63, 3.8) is 0 Å². The first-order valence-electron chi connectivity index (χ1n) is 8.81. The number of nitro benzene ring substituents is 1. The summed E-state index contributed by atoms with van der Waals surface area (Å²) in [6, 6.07) is 8.52. The van der Waals surface area contributed by atoms with Crippen LogP contribution < -0.4 is 9.46 Å². The van der Waals surface area contributed by atoms with Crippen LogP contribution >= 0.6 is 0 Å². The zero-order valence-electron chi connectivity index (χ0n) is 14.7. The second kappa shape index (κ2) is 8.34. The van der Waals surface area contributed by atoms with E-state index in [1.165, 1.54) is 43.7 Å². The molecule has 8 nitrogen and oxygen atoms in total. The van der Waals surface area contributed by atoms with E-state index in [0.717, 1.165) is 18.9 Å². The number of ether oxygens (including phenoxy) is 1. The normalized spacial score (nSPS) is 15.3. The Bertz CT molecular complexity index is 896. The second-order valence-corrected chi connectivity index (χ2v) is 8.17. The molecule has 0 spiro atoms. The molecule has 1 aliphatic carbocycles. The number of sulfonamides is 1. The molecular formula is C18H21N3O5S. The van der Waals surface area contributed by atoms with Crippen LogP contribution in [-0.2, 0) is 10.0 Å². The Hall–Kier alpha value is -2.68. The second-order valence-electron chi connectivity index (χ2n) is 6.52. The summed E-state index contributed by atoms with van der Waals surface area (Å²) in [5.41, 5.74) is -0.528. The number of aromatic nitrogens is 1. The lowest BCUT2D eigenvalue weighted by Crippen LogP contribution is -2.17. The molecule has 1 aromatic heterocycles. The fourth-order valence-corrected chi connectivity index (χ4v) is 4.30. The van der Waals surface area contributed by atoms with Gasteiger partial charge in [-0.05, 0) is 43.0 Å². The maximum atomic E-state index is 12.5. The van der Waals surface area contributed by atoms with Gasteiger partial charge in [-0.15, -0.1) is 0 Å². The van der Waals surface area contributed by atoms with E-state index in [1.807, 2.05) is 0 Å². The van der Waals surface area contributed by atoms with Crippen LogP contribution in [0.15, 0.2) is 47.5 Å². The molecule has 2 aromatic rings. The van der Waals surface area contributed by atoms with Crippen LogP contribution in [0.2, 0.25) is 0 Å². The largest absolute Gasteiger partial charge is 0.493 e. The Labute approximate surface area is 157 Å². The molecule has 0 amide bonds. The number of anilines is 1. The quantitative estimate of drug-likeness (QED) is 0.568. The molecule has 1 aromatic carbocycles. The van der Waals surface area contributed by atoms with Gasteiger partial charge in [0, 0.05) is 6.20 Å². The molecule has 144 valence electrons. The number of hydrogen-bond acceptors (Lipinski definition) is 6. The SMILES string of the molecule is O=[N+]([O-])c1cc(OCC2CCCCC2)ccc1S(=O)(=O)Nc1ccccn1. The van der Waals surface area contributed by atoms with Crippen molar-refractivity contribution < 1.29 is 18.1 Å². The molecule has 1 fully saturated rings. The van der Waals surface area contributed by atoms with Gasteiger partial charge in [0.05, 0.1) is 17.6 Å². The van der Waals surface area contributed by atoms with Crippen molar-refractivity contribution in [2.75, 3.05) is 11.3 Å². The maximum absolute atomic E-state index is 12.5. The van der Waals surface area contributed by atoms with Gasteiger partial charge in [0.25, 0.3) is 15.7 Å². The van der Waals surface area contributed by atoms with Gasteiger partial charge in [0.1, 0.15) is 11.6 Å². The summed E-state index contributed by atoms with van der Waals surface area (Å²) in [4.78, 5) is 14.1. The average molecular weight is 391 g/mol. The summed E-state index contributed by atoms with van der Waals surface area (Å²) in [6.07, 6.45) is 7.17. The number of pyridine rings is 1. The molecule has 1 saturated carbocycles. The summed E-state index contributed by atoms with van der Waals surface area (Å²) < 4.78 is 33.0. The highest BCUT2D eigenvalue weighted by atomic mass is 32.2. The average Bonchev–Trinajstić information content (AvgIpc) is 2.67. The molecule has 1 aliphatic rings. The van der Waals surface area contributed by atoms with Crippen LogP contribution in [0.3, 0.4) is 0 Å². The topological polar surface area (TPSA) is 111 Å². The van der Waals surface area contributed by atoms with Crippen LogP contribution in [-0.4, -0.2) is 24.9 Å². The minimum atomic E-state index is -4.15. The van der Waals surface area contributed by atoms with Crippen molar-refractivity contribution in [2.45, 2.75) is 37.0 Å². The van der Waals surface area contributed by atoms with Gasteiger partial charge in [0.2, 0.25) is 0 Å². The Balaban J connectivity index is 1.79. The van der Waals surface area contributed by atoms with Crippen LogP contribution in [0.1, 0.15) is 32.1 Å². The summed E-state index contributed by atoms with van der Waals surface area (Å²) in [7, 11) is -4.15. The molecule has 0 bridgehead atoms. The van der Waals surface area contributed by atoms with Crippen molar-refractivity contribution in [2.24, 2.45) is 5.92 Å². The van der Waals surface area contributed by atoms with Gasteiger partial charge < -0.3 is 4.74 Å². The van der Waals surface area contributed by atoms with E-state index < -0.39 is 25.5 Å². The minimum absolute atomic E-state index is 0.0874. The summed E-state index contributed by atoms with van der Waals surface area (Å²) in [5, 5.41) is 11.4. The minimum Gasteiger partial charge on any atom is -0.493 e. The first-order valence-corrected chi connectivity index (χ1v) is 10.3. The predicted octanol–water partition coefficient (Wildman–Crippen LogP) is 3.75. The molecule has 1 heterocycles. The first kappa shape index (κ1) is 19.1. The number of rotatable bonds is 7. The van der Waals surface area contributed by atoms with Crippen molar-refractivity contribution >= 4 is 21.5 Å². The fourth-order valence-electron chi connectivity index (χ4n) is 3.14. The molecule has 0 atom stereocenters. The highest BCUT2D eigenvalue weighted by Gasteiger charge is 2.27. The Morgan fingerprint density at radius 1 is 1.19 bits per heavy atom. The third-order valence-electron chi connectivity index (χ3n) is 4.53. The monoisotopic (exact) mass is 391 g/mol. The highest BCUT2D eigenvalue weighted by molar-refractivity contribution is 7.92. The van der Waals surface area contributed by atoms with Gasteiger partial charge in [-0.3, -0.25) is 14.8 Å². The van der Waals surface area contributed by atoms with Crippen molar-refractivity contribution in [3.8, 4) is 5.75 Å². The Morgan fingerprint density at radius 2 is 1.96 bits per heavy atom. The van der Waals surface area contributed by atoms with E-state index in [2.05, 4.69) is 9.71 Å². The van der Waals surface area contributed by atoms with Gasteiger partial charge in [0.15, 0.2) is 4.90 Å². The molecule has 3 rings (SSSR count). The van der Waals surface area contributed by atoms with E-state index in [-0.39, 0.29) is 5.82 Å². The number of hydrogen-bond donors (Lipinski definition) is 1. The molecular weight excluding hydrogens is 370 g/mol. The molecule has 0 unspecified atom stereocenters. The van der Waals surface area contributed by atoms with Gasteiger partial charge >= 0.3 is 0 Å². The Kier molecular flexibility index (Phi) is 5.90. The third kappa shape index (κ3) is 4.94. The molecule has 9 heteroatoms. The molecule has 1 N–H and O–H groups in total. The zero-order valence-corrected chi connectivity index (χ0v) is 15.5. The molecule has 27 heavy (non-hydrogen) atoms. The standard InChI is InChI=1S/C18H21N3O5S/c22-21(23)16-12-15(26-13-14-6-2-1-3-7-14)9-10-17(16)27(24,25)20-18-8-4-5-11-19-18/h4-5,8-12,14H,1-3,6-7,13H2,(H,19,20). The van der Waals surface area contributed by atoms with Gasteiger partial charge in [-0.1, -0.05) is 25.3 Å². The number of benzene rings is 1. The lowest BCUT2D eigenvalue weighted by atomic mass is 9.90. The number of nitrogens with one attached hydrogen (secondary N) is 1. The van der Waals surface area contributed by atoms with E-state index in [9.17, 15) is 18.5 Å². The van der Waals surface area contributed by atoms with E-state index in [4.69, 9.17) is 4.74 Å². The third-order valence-corrected chi connectivity index (χ3v) is 5.93.